The fraction of sp³-hybridized carbons (Fsp3) is 0.100. The summed E-state index contributed by atoms with van der Waals surface area (Å²) in [5.41, 5.74) is 6.86. The average Bonchev–Trinajstić information content (AvgIpc) is 2.62. The van der Waals surface area contributed by atoms with Crippen LogP contribution in [0.5, 0.6) is 0 Å². The van der Waals surface area contributed by atoms with Crippen molar-refractivity contribution in [3.05, 3.63) is 71.2 Å². The summed E-state index contributed by atoms with van der Waals surface area (Å²) in [6.45, 7) is 1.97. The Hall–Kier alpha value is -2.10. The van der Waals surface area contributed by atoms with Gasteiger partial charge in [-0.25, -0.2) is 9.98 Å². The van der Waals surface area contributed by atoms with Crippen LogP contribution in [-0.2, 0) is 0 Å². The van der Waals surface area contributed by atoms with Gasteiger partial charge >= 0.3 is 0 Å². The minimum Gasteiger partial charge on any atom is -0.230 e. The highest BCUT2D eigenvalue weighted by Crippen LogP contribution is 2.32. The summed E-state index contributed by atoms with van der Waals surface area (Å²) in [6, 6.07) is 20.5. The number of nitrogens with zero attached hydrogens (tertiary/aromatic N) is 2. The summed E-state index contributed by atoms with van der Waals surface area (Å²) in [6.07, 6.45) is 1.97. The van der Waals surface area contributed by atoms with Crippen LogP contribution in [0.25, 0.3) is 22.4 Å². The van der Waals surface area contributed by atoms with Gasteiger partial charge < -0.3 is 0 Å². The van der Waals surface area contributed by atoms with Crippen molar-refractivity contribution in [2.45, 2.75) is 6.92 Å². The molecule has 0 radical (unpaired) electrons. The molecule has 0 atom stereocenters. The summed E-state index contributed by atoms with van der Waals surface area (Å²) >= 11 is 7.95. The summed E-state index contributed by atoms with van der Waals surface area (Å²) < 4.78 is 0. The quantitative estimate of drug-likeness (QED) is 0.401. The summed E-state index contributed by atoms with van der Waals surface area (Å²) in [5.74, 6) is 0.705. The summed E-state index contributed by atoms with van der Waals surface area (Å²) in [5, 5.41) is 0.642. The molecule has 0 saturated heterocycles. The second-order valence-corrected chi connectivity index (χ2v) is 6.46. The SMILES string of the molecule is CSC=Nc1nc(-c2ccc(-c3ccccc3)cc2)c(Cl)cc1C. The number of aryl methyl sites for hydroxylation is 1. The Labute approximate surface area is 151 Å². The molecule has 0 fully saturated rings. The molecule has 0 spiro atoms. The Morgan fingerprint density at radius 3 is 2.25 bits per heavy atom. The van der Waals surface area contributed by atoms with Gasteiger partial charge in [0.25, 0.3) is 0 Å². The van der Waals surface area contributed by atoms with Gasteiger partial charge in [-0.3, -0.25) is 0 Å². The molecule has 0 saturated carbocycles. The first-order chi connectivity index (χ1) is 11.7. The zero-order valence-electron chi connectivity index (χ0n) is 13.5. The van der Waals surface area contributed by atoms with Gasteiger partial charge in [0.15, 0.2) is 5.82 Å². The molecule has 3 aromatic rings. The Morgan fingerprint density at radius 2 is 1.58 bits per heavy atom. The third-order valence-corrected chi connectivity index (χ3v) is 4.29. The lowest BCUT2D eigenvalue weighted by Gasteiger charge is -2.09. The number of benzene rings is 2. The zero-order valence-corrected chi connectivity index (χ0v) is 15.1. The van der Waals surface area contributed by atoms with E-state index in [1.165, 1.54) is 11.1 Å². The molecule has 0 aliphatic heterocycles. The molecule has 0 aliphatic carbocycles. The normalized spacial score (nSPS) is 11.1. The zero-order chi connectivity index (χ0) is 16.9. The van der Waals surface area contributed by atoms with Crippen LogP contribution in [0.15, 0.2) is 65.7 Å². The van der Waals surface area contributed by atoms with Crippen molar-refractivity contribution in [2.24, 2.45) is 4.99 Å². The van der Waals surface area contributed by atoms with Crippen LogP contribution >= 0.6 is 23.4 Å². The summed E-state index contributed by atoms with van der Waals surface area (Å²) in [4.78, 5) is 9.02. The Morgan fingerprint density at radius 1 is 0.958 bits per heavy atom. The maximum Gasteiger partial charge on any atom is 0.156 e. The first-order valence-corrected chi connectivity index (χ1v) is 9.24. The van der Waals surface area contributed by atoms with Gasteiger partial charge in [0.05, 0.1) is 16.3 Å². The number of halogens is 1. The topological polar surface area (TPSA) is 25.2 Å². The minimum atomic E-state index is 0.642. The van der Waals surface area contributed by atoms with E-state index in [4.69, 9.17) is 11.6 Å². The van der Waals surface area contributed by atoms with Crippen molar-refractivity contribution in [1.29, 1.82) is 0 Å². The van der Waals surface area contributed by atoms with Crippen molar-refractivity contribution < 1.29 is 0 Å². The van der Waals surface area contributed by atoms with E-state index in [1.54, 1.807) is 17.3 Å². The van der Waals surface area contributed by atoms with Crippen molar-refractivity contribution in [3.63, 3.8) is 0 Å². The van der Waals surface area contributed by atoms with Crippen LogP contribution in [-0.4, -0.2) is 16.8 Å². The average molecular weight is 353 g/mol. The van der Waals surface area contributed by atoms with Gasteiger partial charge in [-0.15, -0.1) is 11.8 Å². The highest BCUT2D eigenvalue weighted by atomic mass is 35.5. The maximum absolute atomic E-state index is 6.41. The van der Waals surface area contributed by atoms with Crippen LogP contribution in [0.3, 0.4) is 0 Å². The third-order valence-electron chi connectivity index (χ3n) is 3.69. The minimum absolute atomic E-state index is 0.642. The molecule has 3 rings (SSSR count). The maximum atomic E-state index is 6.41. The molecule has 24 heavy (non-hydrogen) atoms. The van der Waals surface area contributed by atoms with E-state index >= 15 is 0 Å². The lowest BCUT2D eigenvalue weighted by molar-refractivity contribution is 1.23. The number of hydrogen-bond donors (Lipinski definition) is 0. The fourth-order valence-corrected chi connectivity index (χ4v) is 2.98. The number of thioether (sulfide) groups is 1. The van der Waals surface area contributed by atoms with Gasteiger partial charge in [0.1, 0.15) is 0 Å². The second-order valence-electron chi connectivity index (χ2n) is 5.37. The molecular weight excluding hydrogens is 336 g/mol. The molecule has 1 aromatic heterocycles. The van der Waals surface area contributed by atoms with Crippen molar-refractivity contribution in [3.8, 4) is 22.4 Å². The van der Waals surface area contributed by atoms with E-state index in [0.29, 0.717) is 10.8 Å². The van der Waals surface area contributed by atoms with Crippen LogP contribution in [0.1, 0.15) is 5.56 Å². The molecule has 0 unspecified atom stereocenters. The standard InChI is InChI=1S/C20H17ClN2S/c1-14-12-18(21)19(23-20(14)22-13-24-2)17-10-8-16(9-11-17)15-6-4-3-5-7-15/h3-13H,1-2H3. The van der Waals surface area contributed by atoms with Gasteiger partial charge in [-0.2, -0.15) is 0 Å². The lowest BCUT2D eigenvalue weighted by atomic mass is 10.0. The van der Waals surface area contributed by atoms with Gasteiger partial charge in [-0.1, -0.05) is 66.2 Å². The van der Waals surface area contributed by atoms with Crippen molar-refractivity contribution in [1.82, 2.24) is 4.98 Å². The number of pyridine rings is 1. The third kappa shape index (κ3) is 3.69. The molecule has 0 amide bonds. The van der Waals surface area contributed by atoms with Crippen molar-refractivity contribution in [2.75, 3.05) is 6.26 Å². The molecule has 0 N–H and O–H groups in total. The second kappa shape index (κ2) is 7.65. The number of rotatable bonds is 4. The molecule has 120 valence electrons. The predicted octanol–water partition coefficient (Wildman–Crippen LogP) is 6.40. The Balaban J connectivity index is 1.98. The smallest absolute Gasteiger partial charge is 0.156 e. The first-order valence-electron chi connectivity index (χ1n) is 7.57. The molecule has 0 aliphatic rings. The predicted molar refractivity (Wildman–Crippen MR) is 107 cm³/mol. The molecule has 4 heteroatoms. The van der Waals surface area contributed by atoms with Gasteiger partial charge in [0, 0.05) is 5.56 Å². The van der Waals surface area contributed by atoms with E-state index in [9.17, 15) is 0 Å². The monoisotopic (exact) mass is 352 g/mol. The Bertz CT molecular complexity index is 859. The number of aliphatic imine (C=N–C) groups is 1. The van der Waals surface area contributed by atoms with E-state index in [-0.39, 0.29) is 0 Å². The van der Waals surface area contributed by atoms with E-state index in [1.807, 2.05) is 49.6 Å². The molecule has 0 bridgehead atoms. The molecule has 2 aromatic carbocycles. The fourth-order valence-electron chi connectivity index (χ4n) is 2.46. The molecule has 1 heterocycles. The Kier molecular flexibility index (Phi) is 5.34. The van der Waals surface area contributed by atoms with Crippen LogP contribution in [0.2, 0.25) is 5.02 Å². The highest BCUT2D eigenvalue weighted by molar-refractivity contribution is 8.11. The van der Waals surface area contributed by atoms with Crippen LogP contribution in [0, 0.1) is 6.92 Å². The first kappa shape index (κ1) is 16.7. The van der Waals surface area contributed by atoms with Crippen molar-refractivity contribution >= 4 is 34.7 Å². The van der Waals surface area contributed by atoms with E-state index < -0.39 is 0 Å². The lowest BCUT2D eigenvalue weighted by Crippen LogP contribution is -1.89. The van der Waals surface area contributed by atoms with Gasteiger partial charge in [-0.05, 0) is 35.9 Å². The highest BCUT2D eigenvalue weighted by Gasteiger charge is 2.10. The van der Waals surface area contributed by atoms with Crippen LogP contribution in [0.4, 0.5) is 5.82 Å². The van der Waals surface area contributed by atoms with Gasteiger partial charge in [0.2, 0.25) is 0 Å². The molecular formula is C20H17ClN2S. The summed E-state index contributed by atoms with van der Waals surface area (Å²) in [7, 11) is 0. The number of hydrogen-bond acceptors (Lipinski definition) is 3. The van der Waals surface area contributed by atoms with E-state index in [0.717, 1.165) is 16.8 Å². The largest absolute Gasteiger partial charge is 0.230 e. The van der Waals surface area contributed by atoms with E-state index in [2.05, 4.69) is 34.2 Å². The van der Waals surface area contributed by atoms with Crippen LogP contribution < -0.4 is 0 Å². The molecule has 2 nitrogen and oxygen atoms in total. The number of aromatic nitrogens is 1.